The van der Waals surface area contributed by atoms with Gasteiger partial charge in [0.05, 0.1) is 6.07 Å². The molecule has 0 aliphatic heterocycles. The molecule has 0 aromatic heterocycles. The third-order valence-corrected chi connectivity index (χ3v) is 6.27. The normalized spacial score (nSPS) is 30.4. The zero-order valence-corrected chi connectivity index (χ0v) is 14.6. The fourth-order valence-corrected chi connectivity index (χ4v) is 5.10. The number of ketones is 2. The van der Waals surface area contributed by atoms with E-state index < -0.39 is 5.41 Å². The summed E-state index contributed by atoms with van der Waals surface area (Å²) in [5.74, 6) is -0.630. The van der Waals surface area contributed by atoms with Crippen LogP contribution in [0.15, 0.2) is 60.7 Å². The van der Waals surface area contributed by atoms with Crippen LogP contribution in [0.3, 0.4) is 0 Å². The van der Waals surface area contributed by atoms with Gasteiger partial charge in [0.15, 0.2) is 5.78 Å². The van der Waals surface area contributed by atoms with Crippen molar-refractivity contribution in [2.24, 2.45) is 17.3 Å². The molecule has 0 spiro atoms. The van der Waals surface area contributed by atoms with Crippen molar-refractivity contribution >= 4 is 11.6 Å². The first-order valence-corrected chi connectivity index (χ1v) is 9.27. The van der Waals surface area contributed by atoms with Gasteiger partial charge >= 0.3 is 0 Å². The molecular weight excluding hydrogens is 322 g/mol. The van der Waals surface area contributed by atoms with Crippen LogP contribution in [-0.2, 0) is 4.79 Å². The van der Waals surface area contributed by atoms with E-state index in [2.05, 4.69) is 6.07 Å². The minimum Gasteiger partial charge on any atom is -0.299 e. The van der Waals surface area contributed by atoms with Crippen LogP contribution in [0.4, 0.5) is 0 Å². The van der Waals surface area contributed by atoms with Crippen LogP contribution in [0.1, 0.15) is 47.5 Å². The number of benzene rings is 2. The summed E-state index contributed by atoms with van der Waals surface area (Å²) in [5, 5.41) is 10.4. The second-order valence-electron chi connectivity index (χ2n) is 7.45. The Labute approximate surface area is 153 Å². The van der Waals surface area contributed by atoms with Crippen LogP contribution in [0.2, 0.25) is 0 Å². The minimum absolute atomic E-state index is 0.126. The highest BCUT2D eigenvalue weighted by atomic mass is 16.1. The number of nitriles is 1. The van der Waals surface area contributed by atoms with E-state index in [1.165, 1.54) is 0 Å². The van der Waals surface area contributed by atoms with Gasteiger partial charge in [0.25, 0.3) is 0 Å². The maximum Gasteiger partial charge on any atom is 0.184 e. The van der Waals surface area contributed by atoms with Crippen LogP contribution in [0.5, 0.6) is 0 Å². The first-order valence-electron chi connectivity index (χ1n) is 9.27. The Bertz CT molecular complexity index is 868. The van der Waals surface area contributed by atoms with Gasteiger partial charge in [0.2, 0.25) is 0 Å². The Morgan fingerprint density at radius 3 is 2.31 bits per heavy atom. The number of carbonyl (C=O) groups excluding carboxylic acids is 2. The van der Waals surface area contributed by atoms with E-state index in [0.29, 0.717) is 5.56 Å². The molecule has 2 aliphatic rings. The zero-order chi connectivity index (χ0) is 18.1. The molecule has 0 bridgehead atoms. The second kappa shape index (κ2) is 6.53. The molecule has 0 heterocycles. The Balaban J connectivity index is 1.90. The molecule has 0 saturated heterocycles. The Hall–Kier alpha value is -2.73. The highest BCUT2D eigenvalue weighted by Crippen LogP contribution is 2.58. The van der Waals surface area contributed by atoms with Crippen molar-refractivity contribution in [3.63, 3.8) is 0 Å². The fourth-order valence-electron chi connectivity index (χ4n) is 5.10. The predicted molar refractivity (Wildman–Crippen MR) is 98.5 cm³/mol. The van der Waals surface area contributed by atoms with Crippen LogP contribution in [0, 0.1) is 28.6 Å². The van der Waals surface area contributed by atoms with E-state index in [1.807, 2.05) is 48.5 Å². The summed E-state index contributed by atoms with van der Waals surface area (Å²) in [6, 6.07) is 21.2. The highest BCUT2D eigenvalue weighted by Gasteiger charge is 2.60. The van der Waals surface area contributed by atoms with Gasteiger partial charge < -0.3 is 0 Å². The molecule has 4 rings (SSSR count). The number of hydrogen-bond acceptors (Lipinski definition) is 3. The van der Waals surface area contributed by atoms with Crippen molar-refractivity contribution in [3.05, 3.63) is 71.8 Å². The minimum atomic E-state index is -1.17. The lowest BCUT2D eigenvalue weighted by Crippen LogP contribution is -2.50. The molecule has 130 valence electrons. The van der Waals surface area contributed by atoms with Gasteiger partial charge in [-0.25, -0.2) is 0 Å². The molecule has 2 saturated carbocycles. The number of Topliss-reactive ketones (excluding diaryl/α,β-unsaturated/α-hetero) is 2. The van der Waals surface area contributed by atoms with Crippen molar-refractivity contribution in [2.45, 2.75) is 31.6 Å². The van der Waals surface area contributed by atoms with Gasteiger partial charge in [-0.3, -0.25) is 9.59 Å². The smallest absolute Gasteiger partial charge is 0.184 e. The SMILES string of the molecule is N#C[C@@]1(C(=O)c2ccccc2)[C@@H]2CCC[C@@H]2C(=O)C[C@H]1c1ccccc1. The first-order chi connectivity index (χ1) is 12.7. The van der Waals surface area contributed by atoms with Crippen molar-refractivity contribution in [1.82, 2.24) is 0 Å². The second-order valence-corrected chi connectivity index (χ2v) is 7.45. The topological polar surface area (TPSA) is 57.9 Å². The molecule has 4 atom stereocenters. The van der Waals surface area contributed by atoms with Gasteiger partial charge in [-0.15, -0.1) is 0 Å². The van der Waals surface area contributed by atoms with Crippen LogP contribution in [-0.4, -0.2) is 11.6 Å². The number of hydrogen-bond donors (Lipinski definition) is 0. The summed E-state index contributed by atoms with van der Waals surface area (Å²) in [6.45, 7) is 0. The molecule has 26 heavy (non-hydrogen) atoms. The number of carbonyl (C=O) groups is 2. The molecule has 2 aromatic carbocycles. The van der Waals surface area contributed by atoms with Crippen LogP contribution < -0.4 is 0 Å². The van der Waals surface area contributed by atoms with E-state index >= 15 is 0 Å². The molecule has 0 unspecified atom stereocenters. The van der Waals surface area contributed by atoms with E-state index in [9.17, 15) is 14.9 Å². The Morgan fingerprint density at radius 1 is 1.00 bits per heavy atom. The predicted octanol–water partition coefficient (Wildman–Crippen LogP) is 4.55. The standard InChI is InChI=1S/C23H21NO2/c24-15-23(22(26)17-10-5-2-6-11-17)19-13-7-12-18(19)21(25)14-20(23)16-8-3-1-4-9-16/h1-6,8-11,18-20H,7,12-14H2/t18-,19+,20-,23+/m0/s1. The van der Waals surface area contributed by atoms with Gasteiger partial charge in [-0.05, 0) is 24.3 Å². The average Bonchev–Trinajstić information content (AvgIpc) is 3.20. The largest absolute Gasteiger partial charge is 0.299 e. The Kier molecular flexibility index (Phi) is 4.20. The lowest BCUT2D eigenvalue weighted by Gasteiger charge is -2.45. The fraction of sp³-hybridized carbons (Fsp3) is 0.348. The Morgan fingerprint density at radius 2 is 1.65 bits per heavy atom. The van der Waals surface area contributed by atoms with E-state index in [1.54, 1.807) is 12.1 Å². The summed E-state index contributed by atoms with van der Waals surface area (Å²) in [4.78, 5) is 26.5. The van der Waals surface area contributed by atoms with Crippen molar-refractivity contribution in [3.8, 4) is 6.07 Å². The van der Waals surface area contributed by atoms with Gasteiger partial charge in [-0.1, -0.05) is 67.1 Å². The number of fused-ring (bicyclic) bond motifs is 1. The molecular formula is C23H21NO2. The van der Waals surface area contributed by atoms with Crippen molar-refractivity contribution < 1.29 is 9.59 Å². The number of nitrogens with zero attached hydrogens (tertiary/aromatic N) is 1. The number of rotatable bonds is 3. The van der Waals surface area contributed by atoms with Crippen molar-refractivity contribution in [2.75, 3.05) is 0 Å². The molecule has 0 amide bonds. The zero-order valence-electron chi connectivity index (χ0n) is 14.6. The van der Waals surface area contributed by atoms with Crippen LogP contribution in [0.25, 0.3) is 0 Å². The summed E-state index contributed by atoms with van der Waals surface area (Å²) < 4.78 is 0. The maximum atomic E-state index is 13.7. The monoisotopic (exact) mass is 343 g/mol. The molecule has 0 radical (unpaired) electrons. The molecule has 2 fully saturated rings. The summed E-state index contributed by atoms with van der Waals surface area (Å²) >= 11 is 0. The van der Waals surface area contributed by atoms with E-state index in [4.69, 9.17) is 0 Å². The molecule has 3 nitrogen and oxygen atoms in total. The van der Waals surface area contributed by atoms with Crippen LogP contribution >= 0.6 is 0 Å². The van der Waals surface area contributed by atoms with Crippen molar-refractivity contribution in [1.29, 1.82) is 5.26 Å². The quantitative estimate of drug-likeness (QED) is 0.768. The third kappa shape index (κ3) is 2.41. The molecule has 2 aromatic rings. The van der Waals surface area contributed by atoms with E-state index in [0.717, 1.165) is 24.8 Å². The summed E-state index contributed by atoms with van der Waals surface area (Å²) in [7, 11) is 0. The molecule has 0 N–H and O–H groups in total. The van der Waals surface area contributed by atoms with Gasteiger partial charge in [0, 0.05) is 23.8 Å². The van der Waals surface area contributed by atoms with E-state index in [-0.39, 0.29) is 35.7 Å². The lowest BCUT2D eigenvalue weighted by atomic mass is 9.53. The average molecular weight is 343 g/mol. The first kappa shape index (κ1) is 16.7. The van der Waals surface area contributed by atoms with Gasteiger partial charge in [0.1, 0.15) is 11.2 Å². The summed E-state index contributed by atoms with van der Waals surface area (Å²) in [5.41, 5.74) is 0.310. The maximum absolute atomic E-state index is 13.7. The van der Waals surface area contributed by atoms with Gasteiger partial charge in [-0.2, -0.15) is 5.26 Å². The molecule has 2 aliphatic carbocycles. The highest BCUT2D eigenvalue weighted by molar-refractivity contribution is 6.05. The molecule has 3 heteroatoms. The summed E-state index contributed by atoms with van der Waals surface area (Å²) in [6.07, 6.45) is 2.76. The lowest BCUT2D eigenvalue weighted by molar-refractivity contribution is -0.128. The third-order valence-electron chi connectivity index (χ3n) is 6.27.